The van der Waals surface area contributed by atoms with Gasteiger partial charge in [0.05, 0.1) is 22.4 Å². The zero-order valence-corrected chi connectivity index (χ0v) is 17.0. The van der Waals surface area contributed by atoms with Gasteiger partial charge in [-0.3, -0.25) is 4.98 Å². The van der Waals surface area contributed by atoms with Gasteiger partial charge in [0, 0.05) is 23.5 Å². The molecule has 5 aromatic rings. The van der Waals surface area contributed by atoms with Crippen molar-refractivity contribution in [3.8, 4) is 33.6 Å². The Morgan fingerprint density at radius 1 is 0.533 bits per heavy atom. The fourth-order valence-electron chi connectivity index (χ4n) is 3.87. The molecule has 0 fully saturated rings. The molecule has 2 aromatic heterocycles. The van der Waals surface area contributed by atoms with Gasteiger partial charge in [0.1, 0.15) is 0 Å². The van der Waals surface area contributed by atoms with Crippen LogP contribution in [0.2, 0.25) is 0 Å². The number of hydrogen-bond donors (Lipinski definition) is 0. The summed E-state index contributed by atoms with van der Waals surface area (Å²) in [6, 6.07) is 27.1. The number of nitrogens with zero attached hydrogens (tertiary/aromatic N) is 3. The number of pyridine rings is 1. The van der Waals surface area contributed by atoms with Crippen molar-refractivity contribution in [2.24, 2.45) is 0 Å². The van der Waals surface area contributed by atoms with Crippen LogP contribution in [0.4, 0.5) is 0 Å². The molecule has 0 aliphatic rings. The number of aromatic nitrogens is 3. The van der Waals surface area contributed by atoms with Gasteiger partial charge in [0.25, 0.3) is 0 Å². The van der Waals surface area contributed by atoms with E-state index in [-0.39, 0.29) is 0 Å². The number of benzene rings is 3. The summed E-state index contributed by atoms with van der Waals surface area (Å²) in [7, 11) is 0. The third-order valence-electron chi connectivity index (χ3n) is 5.22. The van der Waals surface area contributed by atoms with Crippen molar-refractivity contribution in [2.75, 3.05) is 0 Å². The van der Waals surface area contributed by atoms with Crippen LogP contribution in [0.15, 0.2) is 91.3 Å². The van der Waals surface area contributed by atoms with Gasteiger partial charge < -0.3 is 0 Å². The van der Waals surface area contributed by atoms with E-state index in [1.807, 2.05) is 36.5 Å². The van der Waals surface area contributed by atoms with Crippen LogP contribution in [-0.4, -0.2) is 15.0 Å². The quantitative estimate of drug-likeness (QED) is 0.348. The Morgan fingerprint density at radius 2 is 1.13 bits per heavy atom. The molecule has 3 aromatic carbocycles. The number of para-hydroxylation sites is 2. The van der Waals surface area contributed by atoms with E-state index in [0.717, 1.165) is 44.7 Å². The van der Waals surface area contributed by atoms with Crippen LogP contribution in [0, 0.1) is 13.8 Å². The van der Waals surface area contributed by atoms with Gasteiger partial charge in [-0.05, 0) is 55.3 Å². The molecule has 2 heterocycles. The molecule has 3 heteroatoms. The van der Waals surface area contributed by atoms with E-state index in [1.54, 1.807) is 6.20 Å². The summed E-state index contributed by atoms with van der Waals surface area (Å²) in [4.78, 5) is 14.2. The Balaban J connectivity index is 1.69. The lowest BCUT2D eigenvalue weighted by Gasteiger charge is -2.12. The van der Waals surface area contributed by atoms with Crippen LogP contribution in [0.3, 0.4) is 0 Å². The third kappa shape index (κ3) is 3.46. The molecular weight excluding hydrogens is 366 g/mol. The molecule has 144 valence electrons. The molecule has 0 radical (unpaired) electrons. The van der Waals surface area contributed by atoms with Crippen molar-refractivity contribution in [1.82, 2.24) is 15.0 Å². The second kappa shape index (κ2) is 7.53. The summed E-state index contributed by atoms with van der Waals surface area (Å²) in [5, 5.41) is 0. The van der Waals surface area contributed by atoms with Gasteiger partial charge in [0.2, 0.25) is 0 Å². The smallest absolute Gasteiger partial charge is 0.0973 e. The van der Waals surface area contributed by atoms with Crippen molar-refractivity contribution in [3.05, 3.63) is 102 Å². The van der Waals surface area contributed by atoms with E-state index in [9.17, 15) is 0 Å². The van der Waals surface area contributed by atoms with E-state index >= 15 is 0 Å². The fraction of sp³-hybridized carbons (Fsp3) is 0.0741. The van der Waals surface area contributed by atoms with E-state index in [4.69, 9.17) is 9.97 Å². The van der Waals surface area contributed by atoms with E-state index in [0.29, 0.717) is 0 Å². The molecule has 0 amide bonds. The summed E-state index contributed by atoms with van der Waals surface area (Å²) in [5.74, 6) is 0. The first-order valence-corrected chi connectivity index (χ1v) is 10.0. The van der Waals surface area contributed by atoms with Crippen LogP contribution in [0.25, 0.3) is 44.7 Å². The first kappa shape index (κ1) is 18.2. The van der Waals surface area contributed by atoms with Crippen LogP contribution >= 0.6 is 0 Å². The van der Waals surface area contributed by atoms with Crippen LogP contribution in [0.5, 0.6) is 0 Å². The highest BCUT2D eigenvalue weighted by atomic mass is 14.8. The monoisotopic (exact) mass is 387 g/mol. The highest BCUT2D eigenvalue weighted by Crippen LogP contribution is 2.33. The molecule has 3 nitrogen and oxygen atoms in total. The fourth-order valence-corrected chi connectivity index (χ4v) is 3.87. The van der Waals surface area contributed by atoms with Crippen molar-refractivity contribution in [1.29, 1.82) is 0 Å². The second-order valence-corrected chi connectivity index (χ2v) is 7.60. The molecule has 0 saturated carbocycles. The van der Waals surface area contributed by atoms with Gasteiger partial charge in [-0.15, -0.1) is 0 Å². The number of rotatable bonds is 3. The Kier molecular flexibility index (Phi) is 4.56. The molecular formula is C27H21N3. The largest absolute Gasteiger partial charge is 0.264 e. The van der Waals surface area contributed by atoms with Crippen molar-refractivity contribution < 1.29 is 0 Å². The standard InChI is InChI=1S/C27H21N3/c1-18-14-19(2)16-23(15-18)27-26(29-24-7-3-4-8-25(24)30-27)21-11-9-20(10-12-21)22-6-5-13-28-17-22/h3-17H,1-2H3. The molecule has 5 rings (SSSR count). The lowest BCUT2D eigenvalue weighted by Crippen LogP contribution is -1.96. The van der Waals surface area contributed by atoms with Crippen molar-refractivity contribution in [3.63, 3.8) is 0 Å². The van der Waals surface area contributed by atoms with Crippen LogP contribution < -0.4 is 0 Å². The SMILES string of the molecule is Cc1cc(C)cc(-c2nc3ccccc3nc2-c2ccc(-c3cccnc3)cc2)c1. The third-order valence-corrected chi connectivity index (χ3v) is 5.22. The Bertz CT molecular complexity index is 1320. The number of aryl methyl sites for hydroxylation is 2. The summed E-state index contributed by atoms with van der Waals surface area (Å²) in [6.45, 7) is 4.24. The predicted octanol–water partition coefficient (Wildman–Crippen LogP) is 6.64. The zero-order valence-electron chi connectivity index (χ0n) is 17.0. The summed E-state index contributed by atoms with van der Waals surface area (Å²) < 4.78 is 0. The first-order valence-electron chi connectivity index (χ1n) is 10.0. The van der Waals surface area contributed by atoms with Crippen LogP contribution in [-0.2, 0) is 0 Å². The maximum Gasteiger partial charge on any atom is 0.0973 e. The maximum absolute atomic E-state index is 5.01. The minimum atomic E-state index is 0.899. The highest BCUT2D eigenvalue weighted by molar-refractivity contribution is 5.86. The molecule has 0 unspecified atom stereocenters. The Morgan fingerprint density at radius 3 is 1.73 bits per heavy atom. The first-order chi connectivity index (χ1) is 14.7. The Labute approximate surface area is 176 Å². The summed E-state index contributed by atoms with van der Waals surface area (Å²) in [6.07, 6.45) is 3.67. The predicted molar refractivity (Wildman–Crippen MR) is 123 cm³/mol. The lowest BCUT2D eigenvalue weighted by atomic mass is 9.98. The van der Waals surface area contributed by atoms with Gasteiger partial charge in [-0.1, -0.05) is 59.7 Å². The minimum absolute atomic E-state index is 0.899. The summed E-state index contributed by atoms with van der Waals surface area (Å²) >= 11 is 0. The van der Waals surface area contributed by atoms with Crippen molar-refractivity contribution in [2.45, 2.75) is 13.8 Å². The second-order valence-electron chi connectivity index (χ2n) is 7.60. The summed E-state index contributed by atoms with van der Waals surface area (Å²) in [5.41, 5.74) is 10.4. The minimum Gasteiger partial charge on any atom is -0.264 e. The number of fused-ring (bicyclic) bond motifs is 1. The van der Waals surface area contributed by atoms with Gasteiger partial charge in [-0.25, -0.2) is 9.97 Å². The number of hydrogen-bond acceptors (Lipinski definition) is 3. The van der Waals surface area contributed by atoms with Gasteiger partial charge >= 0.3 is 0 Å². The molecule has 0 aliphatic carbocycles. The van der Waals surface area contributed by atoms with Crippen molar-refractivity contribution >= 4 is 11.0 Å². The molecule has 0 aliphatic heterocycles. The lowest BCUT2D eigenvalue weighted by molar-refractivity contribution is 1.28. The van der Waals surface area contributed by atoms with E-state index in [1.165, 1.54) is 11.1 Å². The average Bonchev–Trinajstić information content (AvgIpc) is 2.78. The molecule has 0 N–H and O–H groups in total. The van der Waals surface area contributed by atoms with E-state index < -0.39 is 0 Å². The van der Waals surface area contributed by atoms with Gasteiger partial charge in [-0.2, -0.15) is 0 Å². The molecule has 0 saturated heterocycles. The van der Waals surface area contributed by atoms with Crippen LogP contribution in [0.1, 0.15) is 11.1 Å². The normalized spacial score (nSPS) is 11.0. The molecule has 0 spiro atoms. The highest BCUT2D eigenvalue weighted by Gasteiger charge is 2.14. The zero-order chi connectivity index (χ0) is 20.5. The van der Waals surface area contributed by atoms with Gasteiger partial charge in [0.15, 0.2) is 0 Å². The average molecular weight is 387 g/mol. The Hall–Kier alpha value is -3.85. The van der Waals surface area contributed by atoms with E-state index in [2.05, 4.69) is 67.4 Å². The molecule has 0 atom stereocenters. The molecule has 0 bridgehead atoms. The molecule has 30 heavy (non-hydrogen) atoms. The maximum atomic E-state index is 5.01. The topological polar surface area (TPSA) is 38.7 Å².